The van der Waals surface area contributed by atoms with Gasteiger partial charge in [-0.2, -0.15) is 0 Å². The molecule has 0 aliphatic carbocycles. The van der Waals surface area contributed by atoms with Gasteiger partial charge in [-0.05, 0) is 6.42 Å². The molecule has 1 aliphatic rings. The van der Waals surface area contributed by atoms with E-state index in [4.69, 9.17) is 0 Å². The average molecular weight is 76.0 g/mol. The Labute approximate surface area is 49.5 Å². The topological polar surface area (TPSA) is 9.23 Å². The van der Waals surface area contributed by atoms with Gasteiger partial charge in [-0.25, -0.2) is 6.08 Å². The van der Waals surface area contributed by atoms with E-state index >= 15 is 0 Å². The average Bonchev–Trinajstić information content (AvgIpc) is 1.76. The molecule has 28 valence electrons. The van der Waals surface area contributed by atoms with E-state index in [-0.39, 0.29) is 18.9 Å². The molecule has 0 spiro atoms. The summed E-state index contributed by atoms with van der Waals surface area (Å²) in [6.07, 6.45) is 5.53. The van der Waals surface area contributed by atoms with E-state index in [1.165, 1.54) is 0 Å². The molecular weight excluding hydrogens is 71.0 g/mol. The van der Waals surface area contributed by atoms with Crippen LogP contribution in [-0.2, 0) is 4.74 Å². The van der Waals surface area contributed by atoms with Crippen molar-refractivity contribution in [2.45, 2.75) is 6.42 Å². The smallest absolute Gasteiger partial charge is 0.693 e. The van der Waals surface area contributed by atoms with Crippen molar-refractivity contribution < 1.29 is 23.6 Å². The number of hydrogen-bond acceptors (Lipinski definition) is 1. The molecule has 0 unspecified atom stereocenters. The van der Waals surface area contributed by atoms with Crippen LogP contribution in [0.1, 0.15) is 6.42 Å². The van der Waals surface area contributed by atoms with Crippen molar-refractivity contribution in [3.8, 4) is 0 Å². The molecule has 0 amide bonds. The standard InChI is InChI=1S/C4H5O.Li/c1-2-4-5-3-1;/h1H,2,4H2;/q-1;+1. The Bertz CT molecular complexity index is 45.5. The van der Waals surface area contributed by atoms with Gasteiger partial charge < -0.3 is 11.0 Å². The summed E-state index contributed by atoms with van der Waals surface area (Å²) in [4.78, 5) is 0. The van der Waals surface area contributed by atoms with Crippen molar-refractivity contribution in [2.24, 2.45) is 0 Å². The third-order valence-electron chi connectivity index (χ3n) is 0.531. The van der Waals surface area contributed by atoms with Gasteiger partial charge in [0.1, 0.15) is 0 Å². The van der Waals surface area contributed by atoms with Gasteiger partial charge in [0, 0.05) is 6.61 Å². The van der Waals surface area contributed by atoms with Crippen LogP contribution in [0.15, 0.2) is 6.08 Å². The van der Waals surface area contributed by atoms with Crippen LogP contribution in [0, 0.1) is 6.26 Å². The Morgan fingerprint density at radius 2 is 2.50 bits per heavy atom. The second-order valence-corrected chi connectivity index (χ2v) is 0.959. The van der Waals surface area contributed by atoms with Crippen LogP contribution in [-0.4, -0.2) is 6.61 Å². The van der Waals surface area contributed by atoms with Gasteiger partial charge in [0.2, 0.25) is 0 Å². The predicted octanol–water partition coefficient (Wildman–Crippen LogP) is -2.27. The van der Waals surface area contributed by atoms with Gasteiger partial charge in [-0.3, -0.25) is 0 Å². The fraction of sp³-hybridized carbons (Fsp3) is 0.500. The fourth-order valence-corrected chi connectivity index (χ4v) is 0.295. The van der Waals surface area contributed by atoms with Gasteiger partial charge >= 0.3 is 18.9 Å². The minimum Gasteiger partial charge on any atom is -0.693 e. The van der Waals surface area contributed by atoms with E-state index in [9.17, 15) is 0 Å². The molecule has 1 nitrogen and oxygen atoms in total. The normalized spacial score (nSPS) is 16.0. The minimum atomic E-state index is 0. The van der Waals surface area contributed by atoms with E-state index in [0.29, 0.717) is 0 Å². The summed E-state index contributed by atoms with van der Waals surface area (Å²) in [6.45, 7) is 0.833. The van der Waals surface area contributed by atoms with Gasteiger partial charge in [0.05, 0.1) is 0 Å². The summed E-state index contributed by atoms with van der Waals surface area (Å²) in [6, 6.07) is 0. The maximum Gasteiger partial charge on any atom is 1.00 e. The molecule has 0 saturated heterocycles. The van der Waals surface area contributed by atoms with Crippen LogP contribution in [0.5, 0.6) is 0 Å². The fourth-order valence-electron chi connectivity index (χ4n) is 0.295. The summed E-state index contributed by atoms with van der Waals surface area (Å²) in [5.74, 6) is 0. The first-order valence-corrected chi connectivity index (χ1v) is 1.69. The zero-order valence-electron chi connectivity index (χ0n) is 3.90. The van der Waals surface area contributed by atoms with Crippen LogP contribution < -0.4 is 18.9 Å². The van der Waals surface area contributed by atoms with Crippen molar-refractivity contribution in [2.75, 3.05) is 6.61 Å². The maximum atomic E-state index is 4.64. The van der Waals surface area contributed by atoms with E-state index in [2.05, 4.69) is 11.0 Å². The Morgan fingerprint density at radius 1 is 1.67 bits per heavy atom. The Hall–Kier alpha value is 0.137. The Balaban J connectivity index is 0.000000250. The zero-order chi connectivity index (χ0) is 3.54. The van der Waals surface area contributed by atoms with Crippen molar-refractivity contribution in [1.29, 1.82) is 0 Å². The van der Waals surface area contributed by atoms with Gasteiger partial charge in [-0.1, -0.05) is 0 Å². The quantitative estimate of drug-likeness (QED) is 0.233. The zero-order valence-corrected chi connectivity index (χ0v) is 3.90. The van der Waals surface area contributed by atoms with Crippen molar-refractivity contribution in [3.63, 3.8) is 0 Å². The minimum absolute atomic E-state index is 0. The van der Waals surface area contributed by atoms with Crippen molar-refractivity contribution in [3.05, 3.63) is 12.3 Å². The summed E-state index contributed by atoms with van der Waals surface area (Å²) in [7, 11) is 0. The van der Waals surface area contributed by atoms with Crippen LogP contribution in [0.2, 0.25) is 0 Å². The number of rotatable bonds is 0. The molecular formula is C4H5LiO. The first kappa shape index (κ1) is 6.14. The summed E-state index contributed by atoms with van der Waals surface area (Å²) in [5, 5.41) is 0. The first-order chi connectivity index (χ1) is 2.50. The van der Waals surface area contributed by atoms with Crippen LogP contribution >= 0.6 is 0 Å². The molecule has 0 N–H and O–H groups in total. The van der Waals surface area contributed by atoms with E-state index in [1.807, 2.05) is 6.08 Å². The molecule has 6 heavy (non-hydrogen) atoms. The van der Waals surface area contributed by atoms with Gasteiger partial charge in [-0.15, -0.1) is 0 Å². The largest absolute Gasteiger partial charge is 1.00 e. The molecule has 0 fully saturated rings. The molecule has 0 radical (unpaired) electrons. The van der Waals surface area contributed by atoms with Crippen LogP contribution in [0.4, 0.5) is 0 Å². The monoisotopic (exact) mass is 76.1 g/mol. The summed E-state index contributed by atoms with van der Waals surface area (Å²) in [5.41, 5.74) is 0. The second-order valence-electron chi connectivity index (χ2n) is 0.959. The van der Waals surface area contributed by atoms with Gasteiger partial charge in [0.25, 0.3) is 0 Å². The molecule has 0 aromatic rings. The molecule has 1 rings (SSSR count). The third-order valence-corrected chi connectivity index (χ3v) is 0.531. The van der Waals surface area contributed by atoms with Crippen LogP contribution in [0.25, 0.3) is 0 Å². The SMILES string of the molecule is [C-]1=CCCO1.[Li+]. The second kappa shape index (κ2) is 3.33. The molecule has 1 aliphatic heterocycles. The maximum absolute atomic E-state index is 4.64. The molecule has 0 saturated carbocycles. The molecule has 0 atom stereocenters. The van der Waals surface area contributed by atoms with Crippen LogP contribution in [0.3, 0.4) is 0 Å². The van der Waals surface area contributed by atoms with Gasteiger partial charge in [0.15, 0.2) is 0 Å². The number of ether oxygens (including phenoxy) is 1. The molecule has 0 aromatic carbocycles. The Kier molecular flexibility index (Phi) is 3.41. The Morgan fingerprint density at radius 3 is 2.67 bits per heavy atom. The van der Waals surface area contributed by atoms with E-state index < -0.39 is 0 Å². The van der Waals surface area contributed by atoms with E-state index in [0.717, 1.165) is 13.0 Å². The molecule has 0 aromatic heterocycles. The molecule has 2 heteroatoms. The first-order valence-electron chi connectivity index (χ1n) is 1.69. The molecule has 1 heterocycles. The predicted molar refractivity (Wildman–Crippen MR) is 18.4 cm³/mol. The summed E-state index contributed by atoms with van der Waals surface area (Å²) < 4.78 is 4.64. The third kappa shape index (κ3) is 1.54. The molecule has 0 bridgehead atoms. The van der Waals surface area contributed by atoms with Crippen molar-refractivity contribution in [1.82, 2.24) is 0 Å². The van der Waals surface area contributed by atoms with E-state index in [1.54, 1.807) is 0 Å². The summed E-state index contributed by atoms with van der Waals surface area (Å²) >= 11 is 0. The van der Waals surface area contributed by atoms with Crippen molar-refractivity contribution >= 4 is 0 Å². The number of hydrogen-bond donors (Lipinski definition) is 0.